The van der Waals surface area contributed by atoms with Gasteiger partial charge in [0.25, 0.3) is 0 Å². The Labute approximate surface area is 176 Å². The normalized spacial score (nSPS) is 10.8. The van der Waals surface area contributed by atoms with Gasteiger partial charge in [0.15, 0.2) is 10.9 Å². The summed E-state index contributed by atoms with van der Waals surface area (Å²) in [5.41, 5.74) is 2.68. The molecule has 0 spiro atoms. The Hall–Kier alpha value is -3.03. The lowest BCUT2D eigenvalue weighted by molar-refractivity contribution is -0.113. The van der Waals surface area contributed by atoms with Gasteiger partial charge in [-0.3, -0.25) is 9.36 Å². The van der Waals surface area contributed by atoms with Crippen molar-refractivity contribution in [1.29, 1.82) is 0 Å². The summed E-state index contributed by atoms with van der Waals surface area (Å²) in [6, 6.07) is 18.6. The Morgan fingerprint density at radius 2 is 1.97 bits per heavy atom. The number of rotatable bonds is 6. The van der Waals surface area contributed by atoms with Crippen LogP contribution in [-0.2, 0) is 4.79 Å². The minimum atomic E-state index is -0.120. The average Bonchev–Trinajstić information content (AvgIpc) is 3.37. The van der Waals surface area contributed by atoms with Crippen LogP contribution in [-0.4, -0.2) is 26.4 Å². The number of nitrogens with zero attached hydrogens (tertiary/aromatic N) is 3. The molecule has 0 atom stereocenters. The number of hydrogen-bond acceptors (Lipinski definition) is 5. The zero-order valence-electron chi connectivity index (χ0n) is 15.5. The molecule has 2 heterocycles. The molecule has 0 aliphatic carbocycles. The van der Waals surface area contributed by atoms with Crippen LogP contribution in [0.2, 0.25) is 5.02 Å². The number of benzene rings is 2. The summed E-state index contributed by atoms with van der Waals surface area (Å²) in [5, 5.41) is 12.6. The molecule has 0 saturated carbocycles. The van der Waals surface area contributed by atoms with Gasteiger partial charge in [-0.25, -0.2) is 0 Å². The van der Waals surface area contributed by atoms with E-state index >= 15 is 0 Å². The predicted octanol–water partition coefficient (Wildman–Crippen LogP) is 5.22. The molecule has 4 rings (SSSR count). The molecule has 1 amide bonds. The molecule has 0 aliphatic heterocycles. The van der Waals surface area contributed by atoms with Crippen LogP contribution in [0.1, 0.15) is 5.56 Å². The number of hydrogen-bond donors (Lipinski definition) is 1. The molecular weight excluding hydrogens is 408 g/mol. The van der Waals surface area contributed by atoms with Crippen molar-refractivity contribution < 1.29 is 9.21 Å². The summed E-state index contributed by atoms with van der Waals surface area (Å²) in [6.07, 6.45) is 1.58. The van der Waals surface area contributed by atoms with Gasteiger partial charge in [-0.15, -0.1) is 10.2 Å². The van der Waals surface area contributed by atoms with Crippen molar-refractivity contribution in [2.24, 2.45) is 0 Å². The number of aromatic nitrogens is 3. The first kappa shape index (κ1) is 19.3. The molecule has 8 heteroatoms. The molecule has 0 bridgehead atoms. The fourth-order valence-corrected chi connectivity index (χ4v) is 3.68. The van der Waals surface area contributed by atoms with Crippen molar-refractivity contribution in [3.05, 3.63) is 77.5 Å². The molecule has 0 unspecified atom stereocenters. The fourth-order valence-electron chi connectivity index (χ4n) is 2.80. The predicted molar refractivity (Wildman–Crippen MR) is 115 cm³/mol. The van der Waals surface area contributed by atoms with E-state index in [1.807, 2.05) is 54.0 Å². The summed E-state index contributed by atoms with van der Waals surface area (Å²) >= 11 is 7.32. The van der Waals surface area contributed by atoms with Gasteiger partial charge in [-0.05, 0) is 61.0 Å². The third-order valence-corrected chi connectivity index (χ3v) is 5.27. The lowest BCUT2D eigenvalue weighted by Gasteiger charge is -2.10. The lowest BCUT2D eigenvalue weighted by atomic mass is 10.2. The van der Waals surface area contributed by atoms with Crippen LogP contribution in [0.25, 0.3) is 17.3 Å². The van der Waals surface area contributed by atoms with Crippen molar-refractivity contribution in [3.8, 4) is 17.3 Å². The third-order valence-electron chi connectivity index (χ3n) is 4.09. The molecule has 1 N–H and O–H groups in total. The number of carbonyl (C=O) groups is 1. The summed E-state index contributed by atoms with van der Waals surface area (Å²) in [6.45, 7) is 1.98. The summed E-state index contributed by atoms with van der Waals surface area (Å²) in [5.74, 6) is 1.21. The molecule has 2 aromatic carbocycles. The number of halogens is 1. The van der Waals surface area contributed by atoms with Crippen LogP contribution in [0.3, 0.4) is 0 Å². The SMILES string of the molecule is Cc1cccc(NC(=O)CSc2nnc(-c3ccco3)n2-c2ccc(Cl)cc2)c1. The van der Waals surface area contributed by atoms with E-state index in [-0.39, 0.29) is 11.7 Å². The molecule has 2 aromatic heterocycles. The second kappa shape index (κ2) is 8.55. The highest BCUT2D eigenvalue weighted by atomic mass is 35.5. The smallest absolute Gasteiger partial charge is 0.234 e. The number of furan rings is 1. The zero-order chi connectivity index (χ0) is 20.2. The number of aryl methyl sites for hydroxylation is 1. The van der Waals surface area contributed by atoms with E-state index in [9.17, 15) is 4.79 Å². The number of nitrogens with one attached hydrogen (secondary N) is 1. The van der Waals surface area contributed by atoms with Gasteiger partial charge in [0.1, 0.15) is 0 Å². The van der Waals surface area contributed by atoms with E-state index in [0.717, 1.165) is 16.9 Å². The standard InChI is InChI=1S/C21H17ClN4O2S/c1-14-4-2-5-16(12-14)23-19(27)13-29-21-25-24-20(18-6-3-11-28-18)26(21)17-9-7-15(22)8-10-17/h2-12H,13H2,1H3,(H,23,27). The topological polar surface area (TPSA) is 73.0 Å². The Morgan fingerprint density at radius 1 is 1.14 bits per heavy atom. The van der Waals surface area contributed by atoms with Crippen molar-refractivity contribution in [2.75, 3.05) is 11.1 Å². The van der Waals surface area contributed by atoms with E-state index < -0.39 is 0 Å². The lowest BCUT2D eigenvalue weighted by Crippen LogP contribution is -2.14. The number of amides is 1. The second-order valence-corrected chi connectivity index (χ2v) is 7.68. The fraction of sp³-hybridized carbons (Fsp3) is 0.0952. The Balaban J connectivity index is 1.57. The monoisotopic (exact) mass is 424 g/mol. The highest BCUT2D eigenvalue weighted by Gasteiger charge is 2.19. The van der Waals surface area contributed by atoms with Gasteiger partial charge in [0.2, 0.25) is 11.7 Å². The summed E-state index contributed by atoms with van der Waals surface area (Å²) < 4.78 is 7.34. The van der Waals surface area contributed by atoms with Crippen LogP contribution in [0, 0.1) is 6.92 Å². The first-order valence-electron chi connectivity index (χ1n) is 8.85. The number of carbonyl (C=O) groups excluding carboxylic acids is 1. The molecule has 4 aromatic rings. The average molecular weight is 425 g/mol. The molecular formula is C21H17ClN4O2S. The van der Waals surface area contributed by atoms with Crippen molar-refractivity contribution in [3.63, 3.8) is 0 Å². The third kappa shape index (κ3) is 4.52. The first-order chi connectivity index (χ1) is 14.1. The maximum Gasteiger partial charge on any atom is 0.234 e. The van der Waals surface area contributed by atoms with E-state index in [2.05, 4.69) is 15.5 Å². The van der Waals surface area contributed by atoms with Crippen LogP contribution in [0.15, 0.2) is 76.5 Å². The molecule has 29 heavy (non-hydrogen) atoms. The van der Waals surface area contributed by atoms with Crippen molar-refractivity contribution >= 4 is 35.0 Å². The Kier molecular flexibility index (Phi) is 5.69. The first-order valence-corrected chi connectivity index (χ1v) is 10.2. The van der Waals surface area contributed by atoms with E-state index in [1.165, 1.54) is 11.8 Å². The Morgan fingerprint density at radius 3 is 2.69 bits per heavy atom. The maximum atomic E-state index is 12.4. The molecule has 0 radical (unpaired) electrons. The largest absolute Gasteiger partial charge is 0.461 e. The maximum absolute atomic E-state index is 12.4. The molecule has 0 fully saturated rings. The number of anilines is 1. The number of thioether (sulfide) groups is 1. The van der Waals surface area contributed by atoms with Gasteiger partial charge in [-0.2, -0.15) is 0 Å². The Bertz CT molecular complexity index is 1120. The van der Waals surface area contributed by atoms with Crippen molar-refractivity contribution in [1.82, 2.24) is 14.8 Å². The van der Waals surface area contributed by atoms with E-state index in [4.69, 9.17) is 16.0 Å². The molecule has 6 nitrogen and oxygen atoms in total. The van der Waals surface area contributed by atoms with Crippen LogP contribution in [0.4, 0.5) is 5.69 Å². The van der Waals surface area contributed by atoms with Crippen LogP contribution in [0.5, 0.6) is 0 Å². The minimum Gasteiger partial charge on any atom is -0.461 e. The second-order valence-electron chi connectivity index (χ2n) is 6.30. The summed E-state index contributed by atoms with van der Waals surface area (Å²) in [4.78, 5) is 12.4. The van der Waals surface area contributed by atoms with E-state index in [0.29, 0.717) is 21.8 Å². The van der Waals surface area contributed by atoms with Gasteiger partial charge >= 0.3 is 0 Å². The molecule has 146 valence electrons. The van der Waals surface area contributed by atoms with Crippen LogP contribution < -0.4 is 5.32 Å². The molecule has 0 aliphatic rings. The van der Waals surface area contributed by atoms with E-state index in [1.54, 1.807) is 24.5 Å². The minimum absolute atomic E-state index is 0.120. The highest BCUT2D eigenvalue weighted by Crippen LogP contribution is 2.29. The van der Waals surface area contributed by atoms with Crippen LogP contribution >= 0.6 is 23.4 Å². The van der Waals surface area contributed by atoms with Gasteiger partial charge in [0.05, 0.1) is 12.0 Å². The van der Waals surface area contributed by atoms with Gasteiger partial charge in [0, 0.05) is 16.4 Å². The molecule has 0 saturated heterocycles. The zero-order valence-corrected chi connectivity index (χ0v) is 17.1. The quantitative estimate of drug-likeness (QED) is 0.429. The highest BCUT2D eigenvalue weighted by molar-refractivity contribution is 7.99. The van der Waals surface area contributed by atoms with Gasteiger partial charge < -0.3 is 9.73 Å². The van der Waals surface area contributed by atoms with Gasteiger partial charge in [-0.1, -0.05) is 35.5 Å². The summed E-state index contributed by atoms with van der Waals surface area (Å²) in [7, 11) is 0. The van der Waals surface area contributed by atoms with Crippen molar-refractivity contribution in [2.45, 2.75) is 12.1 Å².